The van der Waals surface area contributed by atoms with Crippen molar-refractivity contribution in [3.8, 4) is 0 Å². The van der Waals surface area contributed by atoms with E-state index in [0.717, 1.165) is 17.6 Å². The van der Waals surface area contributed by atoms with E-state index < -0.39 is 0 Å². The average molecular weight is 325 g/mol. The summed E-state index contributed by atoms with van der Waals surface area (Å²) in [5, 5.41) is 3.71. The van der Waals surface area contributed by atoms with Crippen LogP contribution in [0.2, 0.25) is 0 Å². The standard InChI is InChI=1S/C16H25BrN2/c1-11(2)15-10-19(16(9-18-15)12(3)4)14-7-5-13(17)6-8-14/h5-8,11-12,15-16,18H,9-10H2,1-4H3. The van der Waals surface area contributed by atoms with E-state index in [0.29, 0.717) is 23.9 Å². The zero-order valence-electron chi connectivity index (χ0n) is 12.4. The number of nitrogens with zero attached hydrogens (tertiary/aromatic N) is 1. The molecule has 0 radical (unpaired) electrons. The second-order valence-corrected chi connectivity index (χ2v) is 7.11. The van der Waals surface area contributed by atoms with Gasteiger partial charge in [0.05, 0.1) is 0 Å². The molecule has 1 aliphatic heterocycles. The minimum absolute atomic E-state index is 0.580. The number of piperazine rings is 1. The number of halogens is 1. The van der Waals surface area contributed by atoms with Crippen LogP contribution in [-0.4, -0.2) is 25.2 Å². The van der Waals surface area contributed by atoms with Crippen LogP contribution in [0.5, 0.6) is 0 Å². The molecule has 1 heterocycles. The van der Waals surface area contributed by atoms with Crippen molar-refractivity contribution in [2.24, 2.45) is 11.8 Å². The molecular formula is C16H25BrN2. The van der Waals surface area contributed by atoms with Crippen molar-refractivity contribution in [1.29, 1.82) is 0 Å². The summed E-state index contributed by atoms with van der Waals surface area (Å²) in [7, 11) is 0. The van der Waals surface area contributed by atoms with E-state index in [2.05, 4.69) is 78.1 Å². The molecule has 3 heteroatoms. The van der Waals surface area contributed by atoms with Crippen LogP contribution < -0.4 is 10.2 Å². The van der Waals surface area contributed by atoms with Gasteiger partial charge in [0.15, 0.2) is 0 Å². The number of anilines is 1. The molecule has 1 aromatic carbocycles. The first kappa shape index (κ1) is 14.9. The van der Waals surface area contributed by atoms with Crippen LogP contribution >= 0.6 is 15.9 Å². The highest BCUT2D eigenvalue weighted by atomic mass is 79.9. The molecule has 0 aliphatic carbocycles. The molecule has 0 spiro atoms. The molecule has 2 nitrogen and oxygen atoms in total. The summed E-state index contributed by atoms with van der Waals surface area (Å²) in [5.41, 5.74) is 1.34. The summed E-state index contributed by atoms with van der Waals surface area (Å²) in [4.78, 5) is 2.58. The fourth-order valence-electron chi connectivity index (χ4n) is 2.77. The third-order valence-electron chi connectivity index (χ3n) is 4.12. The van der Waals surface area contributed by atoms with Crippen LogP contribution in [-0.2, 0) is 0 Å². The Labute approximate surface area is 125 Å². The summed E-state index contributed by atoms with van der Waals surface area (Å²) in [6.07, 6.45) is 0. The topological polar surface area (TPSA) is 15.3 Å². The molecule has 1 saturated heterocycles. The van der Waals surface area contributed by atoms with Crippen LogP contribution in [0.3, 0.4) is 0 Å². The van der Waals surface area contributed by atoms with E-state index in [-0.39, 0.29) is 0 Å². The number of rotatable bonds is 3. The first-order chi connectivity index (χ1) is 8.99. The normalized spacial score (nSPS) is 24.3. The van der Waals surface area contributed by atoms with Gasteiger partial charge in [-0.15, -0.1) is 0 Å². The maximum atomic E-state index is 3.71. The number of hydrogen-bond donors (Lipinski definition) is 1. The Kier molecular flexibility index (Phi) is 4.91. The Balaban J connectivity index is 2.22. The van der Waals surface area contributed by atoms with Crippen molar-refractivity contribution < 1.29 is 0 Å². The lowest BCUT2D eigenvalue weighted by Crippen LogP contribution is -2.60. The number of benzene rings is 1. The molecule has 0 bridgehead atoms. The molecule has 1 fully saturated rings. The van der Waals surface area contributed by atoms with Gasteiger partial charge in [0.25, 0.3) is 0 Å². The van der Waals surface area contributed by atoms with Crippen molar-refractivity contribution in [3.63, 3.8) is 0 Å². The van der Waals surface area contributed by atoms with Gasteiger partial charge in [0.2, 0.25) is 0 Å². The Morgan fingerprint density at radius 2 is 1.74 bits per heavy atom. The first-order valence-electron chi connectivity index (χ1n) is 7.24. The minimum Gasteiger partial charge on any atom is -0.365 e. The Bertz CT molecular complexity index is 400. The lowest BCUT2D eigenvalue weighted by Gasteiger charge is -2.45. The van der Waals surface area contributed by atoms with Gasteiger partial charge in [-0.3, -0.25) is 0 Å². The van der Waals surface area contributed by atoms with Crippen LogP contribution in [0, 0.1) is 11.8 Å². The van der Waals surface area contributed by atoms with E-state index >= 15 is 0 Å². The summed E-state index contributed by atoms with van der Waals surface area (Å²) >= 11 is 3.52. The molecule has 1 aliphatic rings. The Hall–Kier alpha value is -0.540. The van der Waals surface area contributed by atoms with Gasteiger partial charge < -0.3 is 10.2 Å². The summed E-state index contributed by atoms with van der Waals surface area (Å²) in [6, 6.07) is 9.89. The smallest absolute Gasteiger partial charge is 0.0438 e. The lowest BCUT2D eigenvalue weighted by molar-refractivity contribution is 0.295. The van der Waals surface area contributed by atoms with Gasteiger partial charge in [-0.2, -0.15) is 0 Å². The van der Waals surface area contributed by atoms with Gasteiger partial charge >= 0.3 is 0 Å². The Morgan fingerprint density at radius 1 is 1.11 bits per heavy atom. The molecule has 1 N–H and O–H groups in total. The molecule has 2 atom stereocenters. The fraction of sp³-hybridized carbons (Fsp3) is 0.625. The molecule has 2 rings (SSSR count). The zero-order chi connectivity index (χ0) is 14.0. The van der Waals surface area contributed by atoms with Crippen molar-refractivity contribution in [3.05, 3.63) is 28.7 Å². The van der Waals surface area contributed by atoms with Crippen LogP contribution in [0.25, 0.3) is 0 Å². The minimum atomic E-state index is 0.580. The van der Waals surface area contributed by atoms with E-state index in [9.17, 15) is 0 Å². The van der Waals surface area contributed by atoms with E-state index in [4.69, 9.17) is 0 Å². The zero-order valence-corrected chi connectivity index (χ0v) is 13.9. The van der Waals surface area contributed by atoms with Crippen LogP contribution in [0.4, 0.5) is 5.69 Å². The molecular weight excluding hydrogens is 300 g/mol. The fourth-order valence-corrected chi connectivity index (χ4v) is 3.03. The van der Waals surface area contributed by atoms with Gasteiger partial charge in [-0.05, 0) is 36.1 Å². The second-order valence-electron chi connectivity index (χ2n) is 6.20. The maximum Gasteiger partial charge on any atom is 0.0438 e. The molecule has 19 heavy (non-hydrogen) atoms. The number of hydrogen-bond acceptors (Lipinski definition) is 2. The SMILES string of the molecule is CC(C)C1CN(c2ccc(Br)cc2)C(C(C)C)CN1. The summed E-state index contributed by atoms with van der Waals surface area (Å²) < 4.78 is 1.15. The number of nitrogens with one attached hydrogen (secondary N) is 1. The maximum absolute atomic E-state index is 3.71. The van der Waals surface area contributed by atoms with Gasteiger partial charge in [0.1, 0.15) is 0 Å². The lowest BCUT2D eigenvalue weighted by atomic mass is 9.93. The molecule has 106 valence electrons. The first-order valence-corrected chi connectivity index (χ1v) is 8.04. The summed E-state index contributed by atoms with van der Waals surface area (Å²) in [6.45, 7) is 11.4. The van der Waals surface area contributed by atoms with Crippen molar-refractivity contribution >= 4 is 21.6 Å². The second kappa shape index (κ2) is 6.27. The molecule has 0 amide bonds. The molecule has 1 aromatic rings. The third-order valence-corrected chi connectivity index (χ3v) is 4.64. The monoisotopic (exact) mass is 324 g/mol. The van der Waals surface area contributed by atoms with Crippen LogP contribution in [0.15, 0.2) is 28.7 Å². The van der Waals surface area contributed by atoms with Crippen molar-refractivity contribution in [2.45, 2.75) is 39.8 Å². The predicted molar refractivity (Wildman–Crippen MR) is 86.7 cm³/mol. The quantitative estimate of drug-likeness (QED) is 0.906. The highest BCUT2D eigenvalue weighted by Crippen LogP contribution is 2.26. The third kappa shape index (κ3) is 3.51. The highest BCUT2D eigenvalue weighted by Gasteiger charge is 2.31. The largest absolute Gasteiger partial charge is 0.365 e. The molecule has 0 aromatic heterocycles. The molecule has 2 unspecified atom stereocenters. The van der Waals surface area contributed by atoms with Gasteiger partial charge in [-0.25, -0.2) is 0 Å². The van der Waals surface area contributed by atoms with Crippen LogP contribution in [0.1, 0.15) is 27.7 Å². The van der Waals surface area contributed by atoms with E-state index in [1.54, 1.807) is 0 Å². The van der Waals surface area contributed by atoms with Crippen molar-refractivity contribution in [1.82, 2.24) is 5.32 Å². The predicted octanol–water partition coefficient (Wildman–Crippen LogP) is 3.91. The summed E-state index contributed by atoms with van der Waals surface area (Å²) in [5.74, 6) is 1.33. The average Bonchev–Trinajstić information content (AvgIpc) is 2.38. The van der Waals surface area contributed by atoms with E-state index in [1.807, 2.05) is 0 Å². The van der Waals surface area contributed by atoms with E-state index in [1.165, 1.54) is 5.69 Å². The van der Waals surface area contributed by atoms with Crippen molar-refractivity contribution in [2.75, 3.05) is 18.0 Å². The molecule has 0 saturated carbocycles. The van der Waals surface area contributed by atoms with Gasteiger partial charge in [0, 0.05) is 35.3 Å². The Morgan fingerprint density at radius 3 is 2.26 bits per heavy atom. The van der Waals surface area contributed by atoms with Gasteiger partial charge in [-0.1, -0.05) is 43.6 Å². The highest BCUT2D eigenvalue weighted by molar-refractivity contribution is 9.10.